The molecule has 0 saturated carbocycles. The standard InChI is InChI=1S/C12H10N2O3/c1-8(12(15)16)14-9-4-2-3-5-10(9)17-11(14)6-7-13/h2-5,8H,6H2,1H3/p+1. The summed E-state index contributed by atoms with van der Waals surface area (Å²) in [6, 6.07) is 8.35. The minimum Gasteiger partial charge on any atom is -0.476 e. The van der Waals surface area contributed by atoms with Crippen molar-refractivity contribution in [2.24, 2.45) is 0 Å². The van der Waals surface area contributed by atoms with Gasteiger partial charge in [0.2, 0.25) is 5.58 Å². The Kier molecular flexibility index (Phi) is 2.79. The Hall–Kier alpha value is -2.35. The van der Waals surface area contributed by atoms with E-state index in [0.717, 1.165) is 0 Å². The van der Waals surface area contributed by atoms with Crippen molar-refractivity contribution < 1.29 is 18.9 Å². The molecule has 2 aromatic rings. The first kappa shape index (κ1) is 11.1. The second kappa shape index (κ2) is 4.26. The summed E-state index contributed by atoms with van der Waals surface area (Å²) in [7, 11) is 0. The van der Waals surface area contributed by atoms with Gasteiger partial charge in [0.1, 0.15) is 0 Å². The van der Waals surface area contributed by atoms with Gasteiger partial charge in [-0.25, -0.2) is 4.79 Å². The molecule has 0 aliphatic carbocycles. The van der Waals surface area contributed by atoms with Crippen LogP contribution in [0.2, 0.25) is 0 Å². The SMILES string of the molecule is CC(C(=O)O)[n+]1c(CC#N)oc2ccccc21. The number of carboxylic acids is 1. The number of carbonyl (C=O) groups is 1. The number of para-hydroxylation sites is 2. The second-order valence-electron chi connectivity index (χ2n) is 3.68. The van der Waals surface area contributed by atoms with Gasteiger partial charge in [0.25, 0.3) is 11.6 Å². The lowest BCUT2D eigenvalue weighted by atomic mass is 10.2. The average molecular weight is 231 g/mol. The van der Waals surface area contributed by atoms with E-state index < -0.39 is 12.0 Å². The molecule has 0 aliphatic rings. The highest BCUT2D eigenvalue weighted by Gasteiger charge is 2.31. The van der Waals surface area contributed by atoms with Crippen molar-refractivity contribution in [2.75, 3.05) is 0 Å². The van der Waals surface area contributed by atoms with Crippen LogP contribution in [0.3, 0.4) is 0 Å². The van der Waals surface area contributed by atoms with Gasteiger partial charge in [-0.15, -0.1) is 4.57 Å². The molecular weight excluding hydrogens is 220 g/mol. The van der Waals surface area contributed by atoms with Crippen LogP contribution in [0.5, 0.6) is 0 Å². The molecule has 5 nitrogen and oxygen atoms in total. The first-order valence-electron chi connectivity index (χ1n) is 5.17. The van der Waals surface area contributed by atoms with Crippen molar-refractivity contribution >= 4 is 17.1 Å². The Balaban J connectivity index is 2.68. The minimum absolute atomic E-state index is 0.0479. The zero-order chi connectivity index (χ0) is 12.4. The van der Waals surface area contributed by atoms with E-state index in [9.17, 15) is 4.79 Å². The number of nitriles is 1. The summed E-state index contributed by atoms with van der Waals surface area (Å²) in [5.41, 5.74) is 1.28. The Labute approximate surface area is 97.5 Å². The number of benzene rings is 1. The predicted molar refractivity (Wildman–Crippen MR) is 58.1 cm³/mol. The normalized spacial score (nSPS) is 12.2. The van der Waals surface area contributed by atoms with Gasteiger partial charge in [-0.05, 0) is 6.07 Å². The van der Waals surface area contributed by atoms with Gasteiger partial charge in [0.05, 0.1) is 6.07 Å². The Morgan fingerprint density at radius 2 is 2.29 bits per heavy atom. The van der Waals surface area contributed by atoms with Crippen LogP contribution in [0.1, 0.15) is 18.9 Å². The van der Waals surface area contributed by atoms with Crippen LogP contribution < -0.4 is 4.57 Å². The average Bonchev–Trinajstić information content (AvgIpc) is 2.66. The number of aliphatic carboxylic acids is 1. The van der Waals surface area contributed by atoms with Gasteiger partial charge < -0.3 is 9.52 Å². The van der Waals surface area contributed by atoms with Crippen molar-refractivity contribution in [2.45, 2.75) is 19.4 Å². The van der Waals surface area contributed by atoms with Crippen LogP contribution in [-0.4, -0.2) is 11.1 Å². The quantitative estimate of drug-likeness (QED) is 0.810. The molecule has 5 heteroatoms. The largest absolute Gasteiger partial charge is 0.476 e. The van der Waals surface area contributed by atoms with E-state index in [1.54, 1.807) is 35.8 Å². The van der Waals surface area contributed by atoms with Crippen molar-refractivity contribution in [1.29, 1.82) is 5.26 Å². The smallest absolute Gasteiger partial charge is 0.373 e. The maximum Gasteiger partial charge on any atom is 0.373 e. The summed E-state index contributed by atoms with van der Waals surface area (Å²) in [6.45, 7) is 1.56. The van der Waals surface area contributed by atoms with E-state index in [1.165, 1.54) is 0 Å². The molecule has 0 spiro atoms. The number of hydrogen-bond acceptors (Lipinski definition) is 3. The summed E-state index contributed by atoms with van der Waals surface area (Å²) in [5, 5.41) is 17.8. The highest BCUT2D eigenvalue weighted by atomic mass is 16.4. The van der Waals surface area contributed by atoms with Gasteiger partial charge in [0, 0.05) is 13.0 Å². The monoisotopic (exact) mass is 231 g/mol. The third-order valence-corrected chi connectivity index (χ3v) is 2.60. The maximum atomic E-state index is 11.1. The molecule has 1 aromatic carbocycles. The second-order valence-corrected chi connectivity index (χ2v) is 3.68. The van der Waals surface area contributed by atoms with Crippen molar-refractivity contribution in [3.05, 3.63) is 30.2 Å². The molecule has 1 N–H and O–H groups in total. The number of fused-ring (bicyclic) bond motifs is 1. The van der Waals surface area contributed by atoms with E-state index in [4.69, 9.17) is 14.8 Å². The van der Waals surface area contributed by atoms with E-state index in [1.807, 2.05) is 6.07 Å². The number of oxazole rings is 1. The zero-order valence-electron chi connectivity index (χ0n) is 9.25. The topological polar surface area (TPSA) is 78.1 Å². The van der Waals surface area contributed by atoms with Crippen LogP contribution in [0.15, 0.2) is 28.7 Å². The fourth-order valence-corrected chi connectivity index (χ4v) is 1.78. The Morgan fingerprint density at radius 1 is 1.59 bits per heavy atom. The number of hydrogen-bond donors (Lipinski definition) is 1. The van der Waals surface area contributed by atoms with E-state index in [2.05, 4.69) is 0 Å². The molecule has 0 aliphatic heterocycles. The first-order chi connectivity index (χ1) is 8.15. The molecule has 0 bridgehead atoms. The summed E-state index contributed by atoms with van der Waals surface area (Å²) in [4.78, 5) is 11.1. The molecule has 0 fully saturated rings. The molecule has 2 rings (SSSR count). The third-order valence-electron chi connectivity index (χ3n) is 2.60. The summed E-state index contributed by atoms with van der Waals surface area (Å²) in [6.07, 6.45) is 0.0479. The number of rotatable bonds is 3. The lowest BCUT2D eigenvalue weighted by molar-refractivity contribution is -0.694. The van der Waals surface area contributed by atoms with Crippen LogP contribution in [-0.2, 0) is 11.2 Å². The fraction of sp³-hybridized carbons (Fsp3) is 0.250. The summed E-state index contributed by atoms with van der Waals surface area (Å²) in [5.74, 6) is -0.593. The molecule has 86 valence electrons. The zero-order valence-corrected chi connectivity index (χ0v) is 9.25. The van der Waals surface area contributed by atoms with Gasteiger partial charge >= 0.3 is 11.9 Å². The summed E-state index contributed by atoms with van der Waals surface area (Å²) >= 11 is 0. The van der Waals surface area contributed by atoms with E-state index in [-0.39, 0.29) is 6.42 Å². The van der Waals surface area contributed by atoms with Crippen LogP contribution >= 0.6 is 0 Å². The third kappa shape index (κ3) is 1.85. The van der Waals surface area contributed by atoms with Crippen LogP contribution in [0, 0.1) is 11.3 Å². The minimum atomic E-state index is -0.958. The lowest BCUT2D eigenvalue weighted by Crippen LogP contribution is -2.44. The molecular formula is C12H11N2O3+. The highest BCUT2D eigenvalue weighted by Crippen LogP contribution is 2.16. The van der Waals surface area contributed by atoms with Crippen LogP contribution in [0.25, 0.3) is 11.1 Å². The molecule has 0 saturated heterocycles. The molecule has 1 unspecified atom stereocenters. The predicted octanol–water partition coefficient (Wildman–Crippen LogP) is 1.43. The van der Waals surface area contributed by atoms with Gasteiger partial charge in [0.15, 0.2) is 6.42 Å². The Bertz CT molecular complexity index is 610. The molecule has 1 heterocycles. The van der Waals surface area contributed by atoms with E-state index >= 15 is 0 Å². The Morgan fingerprint density at radius 3 is 2.94 bits per heavy atom. The van der Waals surface area contributed by atoms with Crippen molar-refractivity contribution in [3.63, 3.8) is 0 Å². The number of nitrogens with zero attached hydrogens (tertiary/aromatic N) is 2. The van der Waals surface area contributed by atoms with Crippen LogP contribution in [0.4, 0.5) is 0 Å². The molecule has 0 amide bonds. The first-order valence-corrected chi connectivity index (χ1v) is 5.17. The van der Waals surface area contributed by atoms with E-state index in [0.29, 0.717) is 17.0 Å². The molecule has 1 atom stereocenters. The number of carboxylic acid groups (broad SMARTS) is 1. The van der Waals surface area contributed by atoms with Crippen molar-refractivity contribution in [1.82, 2.24) is 0 Å². The highest BCUT2D eigenvalue weighted by molar-refractivity contribution is 5.72. The molecule has 17 heavy (non-hydrogen) atoms. The lowest BCUT2D eigenvalue weighted by Gasteiger charge is -1.99. The summed E-state index contributed by atoms with van der Waals surface area (Å²) < 4.78 is 7.03. The maximum absolute atomic E-state index is 11.1. The van der Waals surface area contributed by atoms with Crippen molar-refractivity contribution in [3.8, 4) is 6.07 Å². The van der Waals surface area contributed by atoms with Gasteiger partial charge in [-0.3, -0.25) is 0 Å². The van der Waals surface area contributed by atoms with Gasteiger partial charge in [-0.1, -0.05) is 12.1 Å². The van der Waals surface area contributed by atoms with Gasteiger partial charge in [-0.2, -0.15) is 5.26 Å². The molecule has 0 radical (unpaired) electrons. The molecule has 1 aromatic heterocycles. The fourth-order valence-electron chi connectivity index (χ4n) is 1.78. The number of aromatic nitrogens is 1.